The molecular weight excluding hydrogens is 280 g/mol. The highest BCUT2D eigenvalue weighted by atomic mass is 32.2. The molecule has 1 amide bonds. The molecule has 0 bridgehead atoms. The van der Waals surface area contributed by atoms with Crippen molar-refractivity contribution < 1.29 is 4.79 Å². The molecule has 21 heavy (non-hydrogen) atoms. The zero-order valence-electron chi connectivity index (χ0n) is 11.2. The van der Waals surface area contributed by atoms with E-state index in [2.05, 4.69) is 17.3 Å². The smallest absolute Gasteiger partial charge is 0.253 e. The molecule has 2 rings (SSSR count). The van der Waals surface area contributed by atoms with Crippen LogP contribution in [0.4, 0.5) is 0 Å². The van der Waals surface area contributed by atoms with Crippen LogP contribution in [0.1, 0.15) is 15.9 Å². The molecule has 1 N–H and O–H groups in total. The molecule has 0 unspecified atom stereocenters. The molecule has 0 aromatic heterocycles. The second kappa shape index (κ2) is 7.19. The molecule has 0 saturated carbocycles. The minimum Gasteiger partial charge on any atom is -0.341 e. The Labute approximate surface area is 128 Å². The third-order valence-electron chi connectivity index (χ3n) is 2.71. The number of nitriles is 1. The number of carbonyl (C=O) groups excluding carboxylic acids is 1. The van der Waals surface area contributed by atoms with E-state index in [0.717, 1.165) is 9.79 Å². The van der Waals surface area contributed by atoms with Crippen LogP contribution in [0.3, 0.4) is 0 Å². The predicted octanol–water partition coefficient (Wildman–Crippen LogP) is 3.07. The summed E-state index contributed by atoms with van der Waals surface area (Å²) < 4.78 is 0. The SMILES string of the molecule is C#CCNC(=O)c1ccccc1Sc1ccccc1C#N. The summed E-state index contributed by atoms with van der Waals surface area (Å²) in [6.45, 7) is 0.187. The first-order chi connectivity index (χ1) is 10.3. The first-order valence-electron chi connectivity index (χ1n) is 6.24. The Kier molecular flexibility index (Phi) is 5.04. The number of amides is 1. The average molecular weight is 292 g/mol. The van der Waals surface area contributed by atoms with Crippen molar-refractivity contribution in [3.05, 3.63) is 59.7 Å². The molecule has 0 radical (unpaired) electrons. The van der Waals surface area contributed by atoms with E-state index in [1.807, 2.05) is 30.3 Å². The average Bonchev–Trinajstić information content (AvgIpc) is 2.53. The lowest BCUT2D eigenvalue weighted by molar-refractivity contribution is 0.0956. The van der Waals surface area contributed by atoms with Gasteiger partial charge in [0.15, 0.2) is 0 Å². The van der Waals surface area contributed by atoms with E-state index >= 15 is 0 Å². The Bertz CT molecular complexity index is 741. The molecule has 102 valence electrons. The second-order valence-corrected chi connectivity index (χ2v) is 5.18. The van der Waals surface area contributed by atoms with Crippen LogP contribution in [0.25, 0.3) is 0 Å². The zero-order valence-corrected chi connectivity index (χ0v) is 12.0. The van der Waals surface area contributed by atoms with Gasteiger partial charge in [0.1, 0.15) is 6.07 Å². The molecule has 0 aliphatic rings. The summed E-state index contributed by atoms with van der Waals surface area (Å²) >= 11 is 1.39. The lowest BCUT2D eigenvalue weighted by Gasteiger charge is -2.09. The van der Waals surface area contributed by atoms with Crippen LogP contribution in [0.2, 0.25) is 0 Å². The standard InChI is InChI=1S/C17H12N2OS/c1-2-11-19-17(20)14-8-4-6-10-16(14)21-15-9-5-3-7-13(15)12-18/h1,3-10H,11H2,(H,19,20). The van der Waals surface area contributed by atoms with Gasteiger partial charge in [0.25, 0.3) is 5.91 Å². The number of hydrogen-bond acceptors (Lipinski definition) is 3. The Morgan fingerprint density at radius 3 is 2.52 bits per heavy atom. The number of nitrogens with one attached hydrogen (secondary N) is 1. The minimum absolute atomic E-state index is 0.187. The molecule has 0 atom stereocenters. The number of carbonyl (C=O) groups is 1. The number of rotatable bonds is 4. The highest BCUT2D eigenvalue weighted by Gasteiger charge is 2.12. The van der Waals surface area contributed by atoms with E-state index in [1.54, 1.807) is 18.2 Å². The van der Waals surface area contributed by atoms with Gasteiger partial charge in [-0.15, -0.1) is 6.42 Å². The van der Waals surface area contributed by atoms with E-state index in [9.17, 15) is 4.79 Å². The molecule has 4 heteroatoms. The minimum atomic E-state index is -0.217. The van der Waals surface area contributed by atoms with Gasteiger partial charge in [-0.25, -0.2) is 0 Å². The van der Waals surface area contributed by atoms with E-state index in [4.69, 9.17) is 11.7 Å². The lowest BCUT2D eigenvalue weighted by Crippen LogP contribution is -2.23. The molecule has 0 aliphatic carbocycles. The van der Waals surface area contributed by atoms with Gasteiger partial charge in [-0.2, -0.15) is 5.26 Å². The highest BCUT2D eigenvalue weighted by Crippen LogP contribution is 2.32. The Balaban J connectivity index is 2.31. The van der Waals surface area contributed by atoms with Crippen molar-refractivity contribution in [1.29, 1.82) is 5.26 Å². The second-order valence-electron chi connectivity index (χ2n) is 4.09. The largest absolute Gasteiger partial charge is 0.341 e. The maximum atomic E-state index is 12.1. The number of benzene rings is 2. The number of nitrogens with zero attached hydrogens (tertiary/aromatic N) is 1. The van der Waals surface area contributed by atoms with E-state index in [-0.39, 0.29) is 12.5 Å². The summed E-state index contributed by atoms with van der Waals surface area (Å²) in [4.78, 5) is 13.7. The summed E-state index contributed by atoms with van der Waals surface area (Å²) in [5.41, 5.74) is 1.13. The van der Waals surface area contributed by atoms with Gasteiger partial charge in [0.2, 0.25) is 0 Å². The van der Waals surface area contributed by atoms with Crippen LogP contribution in [0, 0.1) is 23.7 Å². The van der Waals surface area contributed by atoms with E-state index < -0.39 is 0 Å². The van der Waals surface area contributed by atoms with Crippen molar-refractivity contribution in [2.45, 2.75) is 9.79 Å². The first-order valence-corrected chi connectivity index (χ1v) is 7.05. The molecule has 0 heterocycles. The van der Waals surface area contributed by atoms with E-state index in [1.165, 1.54) is 11.8 Å². The number of terminal acetylenes is 1. The van der Waals surface area contributed by atoms with Crippen LogP contribution in [0.15, 0.2) is 58.3 Å². The molecular formula is C17H12N2OS. The molecule has 2 aromatic rings. The Morgan fingerprint density at radius 2 is 1.81 bits per heavy atom. The lowest BCUT2D eigenvalue weighted by atomic mass is 10.2. The number of hydrogen-bond donors (Lipinski definition) is 1. The summed E-state index contributed by atoms with van der Waals surface area (Å²) in [5, 5.41) is 11.8. The third kappa shape index (κ3) is 3.66. The maximum Gasteiger partial charge on any atom is 0.253 e. The van der Waals surface area contributed by atoms with Crippen LogP contribution in [0.5, 0.6) is 0 Å². The summed E-state index contributed by atoms with van der Waals surface area (Å²) in [5.74, 6) is 2.16. The van der Waals surface area contributed by atoms with Gasteiger partial charge >= 0.3 is 0 Å². The molecule has 2 aromatic carbocycles. The van der Waals surface area contributed by atoms with Crippen LogP contribution >= 0.6 is 11.8 Å². The normalized spacial score (nSPS) is 9.43. The predicted molar refractivity (Wildman–Crippen MR) is 82.9 cm³/mol. The van der Waals surface area contributed by atoms with Crippen LogP contribution < -0.4 is 5.32 Å². The van der Waals surface area contributed by atoms with Gasteiger partial charge in [-0.1, -0.05) is 41.9 Å². The molecule has 0 saturated heterocycles. The van der Waals surface area contributed by atoms with Crippen LogP contribution in [-0.4, -0.2) is 12.5 Å². The summed E-state index contributed by atoms with van der Waals surface area (Å²) in [6.07, 6.45) is 5.15. The molecule has 3 nitrogen and oxygen atoms in total. The first kappa shape index (κ1) is 14.7. The quantitative estimate of drug-likeness (QED) is 0.881. The van der Waals surface area contributed by atoms with Crippen LogP contribution in [-0.2, 0) is 0 Å². The third-order valence-corrected chi connectivity index (χ3v) is 3.86. The van der Waals surface area contributed by atoms with Gasteiger partial charge < -0.3 is 5.32 Å². The molecule has 0 aliphatic heterocycles. The summed E-state index contributed by atoms with van der Waals surface area (Å²) in [7, 11) is 0. The molecule has 0 fully saturated rings. The zero-order chi connectivity index (χ0) is 15.1. The van der Waals surface area contributed by atoms with Gasteiger partial charge in [-0.05, 0) is 24.3 Å². The fourth-order valence-corrected chi connectivity index (χ4v) is 2.76. The Hall–Kier alpha value is -2.69. The van der Waals surface area contributed by atoms with Crippen molar-refractivity contribution in [2.24, 2.45) is 0 Å². The highest BCUT2D eigenvalue weighted by molar-refractivity contribution is 7.99. The van der Waals surface area contributed by atoms with E-state index in [0.29, 0.717) is 11.1 Å². The molecule has 0 spiro atoms. The Morgan fingerprint density at radius 1 is 1.14 bits per heavy atom. The van der Waals surface area contributed by atoms with Crippen molar-refractivity contribution in [3.63, 3.8) is 0 Å². The van der Waals surface area contributed by atoms with Crippen molar-refractivity contribution >= 4 is 17.7 Å². The van der Waals surface area contributed by atoms with Gasteiger partial charge in [-0.3, -0.25) is 4.79 Å². The maximum absolute atomic E-state index is 12.1. The van der Waals surface area contributed by atoms with Crippen molar-refractivity contribution in [3.8, 4) is 18.4 Å². The fourth-order valence-electron chi connectivity index (χ4n) is 1.74. The van der Waals surface area contributed by atoms with Gasteiger partial charge in [0, 0.05) is 9.79 Å². The fraction of sp³-hybridized carbons (Fsp3) is 0.0588. The van der Waals surface area contributed by atoms with Crippen molar-refractivity contribution in [2.75, 3.05) is 6.54 Å². The van der Waals surface area contributed by atoms with Crippen molar-refractivity contribution in [1.82, 2.24) is 5.32 Å². The monoisotopic (exact) mass is 292 g/mol. The van der Waals surface area contributed by atoms with Gasteiger partial charge in [0.05, 0.1) is 17.7 Å². The topological polar surface area (TPSA) is 52.9 Å². The summed E-state index contributed by atoms with van der Waals surface area (Å²) in [6, 6.07) is 16.7.